The molecule has 3 aromatic heterocycles. The van der Waals surface area contributed by atoms with Crippen LogP contribution in [0.4, 0.5) is 11.8 Å². The van der Waals surface area contributed by atoms with E-state index in [9.17, 15) is 0 Å². The van der Waals surface area contributed by atoms with Crippen molar-refractivity contribution in [3.05, 3.63) is 34.9 Å². The van der Waals surface area contributed by atoms with Crippen molar-refractivity contribution >= 4 is 29.0 Å². The molecule has 98 valence electrons. The first-order valence-electron chi connectivity index (χ1n) is 5.99. The van der Waals surface area contributed by atoms with Crippen LogP contribution in [0.3, 0.4) is 0 Å². The van der Waals surface area contributed by atoms with E-state index in [-0.39, 0.29) is 0 Å². The van der Waals surface area contributed by atoms with Crippen molar-refractivity contribution in [3.63, 3.8) is 0 Å². The third-order valence-electron chi connectivity index (χ3n) is 2.78. The van der Waals surface area contributed by atoms with Crippen LogP contribution in [0.5, 0.6) is 0 Å². The maximum atomic E-state index is 6.02. The van der Waals surface area contributed by atoms with Gasteiger partial charge in [0, 0.05) is 24.0 Å². The minimum Gasteiger partial charge on any atom is -0.308 e. The summed E-state index contributed by atoms with van der Waals surface area (Å²) in [7, 11) is 0. The van der Waals surface area contributed by atoms with Crippen LogP contribution in [0, 0.1) is 6.92 Å². The lowest BCUT2D eigenvalue weighted by molar-refractivity contribution is 1.03. The number of H-pyrrole nitrogens is 1. The number of aryl methyl sites for hydroxylation is 2. The number of aromatic amines is 1. The van der Waals surface area contributed by atoms with Gasteiger partial charge in [0.25, 0.3) is 0 Å². The number of hydrogen-bond acceptors (Lipinski definition) is 4. The molecule has 0 saturated heterocycles. The van der Waals surface area contributed by atoms with E-state index in [1.54, 1.807) is 6.07 Å². The molecule has 0 saturated carbocycles. The van der Waals surface area contributed by atoms with Crippen molar-refractivity contribution in [1.82, 2.24) is 24.6 Å². The quantitative estimate of drug-likeness (QED) is 0.722. The summed E-state index contributed by atoms with van der Waals surface area (Å²) in [6.07, 6.45) is 2.81. The first kappa shape index (κ1) is 12.0. The molecule has 7 heteroatoms. The van der Waals surface area contributed by atoms with Gasteiger partial charge in [-0.2, -0.15) is 5.10 Å². The summed E-state index contributed by atoms with van der Waals surface area (Å²) in [5, 5.41) is 10.5. The topological polar surface area (TPSA) is 70.9 Å². The molecule has 3 rings (SSSR count). The van der Waals surface area contributed by atoms with Crippen molar-refractivity contribution < 1.29 is 0 Å². The highest BCUT2D eigenvalue weighted by atomic mass is 35.5. The summed E-state index contributed by atoms with van der Waals surface area (Å²) in [6.45, 7) is 3.99. The summed E-state index contributed by atoms with van der Waals surface area (Å²) in [5.41, 5.74) is 2.73. The molecular formula is C12H13ClN6. The highest BCUT2D eigenvalue weighted by molar-refractivity contribution is 6.29. The lowest BCUT2D eigenvalue weighted by Crippen LogP contribution is -2.01. The Kier molecular flexibility index (Phi) is 2.87. The van der Waals surface area contributed by atoms with Crippen molar-refractivity contribution in [1.29, 1.82) is 0 Å². The van der Waals surface area contributed by atoms with E-state index in [0.717, 1.165) is 23.5 Å². The van der Waals surface area contributed by atoms with Gasteiger partial charge >= 0.3 is 0 Å². The van der Waals surface area contributed by atoms with E-state index < -0.39 is 0 Å². The molecular weight excluding hydrogens is 264 g/mol. The zero-order chi connectivity index (χ0) is 13.4. The number of aromatic nitrogens is 5. The average molecular weight is 277 g/mol. The van der Waals surface area contributed by atoms with Crippen molar-refractivity contribution in [3.8, 4) is 0 Å². The van der Waals surface area contributed by atoms with Crippen LogP contribution < -0.4 is 5.32 Å². The van der Waals surface area contributed by atoms with Crippen LogP contribution in [0.25, 0.3) is 5.65 Å². The SMILES string of the molecule is CCc1cn2c(Nc3cc(C)[nH]n3)nc(Cl)cc2n1. The van der Waals surface area contributed by atoms with Crippen LogP contribution in [0.2, 0.25) is 5.15 Å². The highest BCUT2D eigenvalue weighted by Gasteiger charge is 2.09. The van der Waals surface area contributed by atoms with E-state index in [4.69, 9.17) is 11.6 Å². The molecule has 0 amide bonds. The smallest absolute Gasteiger partial charge is 0.215 e. The van der Waals surface area contributed by atoms with Crippen LogP contribution in [-0.4, -0.2) is 24.6 Å². The van der Waals surface area contributed by atoms with Gasteiger partial charge in [-0.3, -0.25) is 9.50 Å². The Bertz CT molecular complexity index is 729. The molecule has 19 heavy (non-hydrogen) atoms. The van der Waals surface area contributed by atoms with E-state index >= 15 is 0 Å². The van der Waals surface area contributed by atoms with Gasteiger partial charge in [-0.05, 0) is 13.3 Å². The molecule has 0 fully saturated rings. The lowest BCUT2D eigenvalue weighted by Gasteiger charge is -2.05. The van der Waals surface area contributed by atoms with Crippen molar-refractivity contribution in [2.24, 2.45) is 0 Å². The van der Waals surface area contributed by atoms with Crippen LogP contribution in [-0.2, 0) is 6.42 Å². The largest absolute Gasteiger partial charge is 0.308 e. The number of imidazole rings is 1. The van der Waals surface area contributed by atoms with Gasteiger partial charge in [0.05, 0.1) is 5.69 Å². The standard InChI is InChI=1S/C12H13ClN6/c1-3-8-6-19-11(14-8)5-9(13)15-12(19)16-10-4-7(2)17-18-10/h4-6H,3H2,1-2H3,(H2,15,16,17,18). The Morgan fingerprint density at radius 1 is 1.37 bits per heavy atom. The van der Waals surface area contributed by atoms with Crippen LogP contribution >= 0.6 is 11.6 Å². The van der Waals surface area contributed by atoms with Crippen LogP contribution in [0.1, 0.15) is 18.3 Å². The molecule has 0 atom stereocenters. The number of rotatable bonds is 3. The summed E-state index contributed by atoms with van der Waals surface area (Å²) in [4.78, 5) is 8.75. The third kappa shape index (κ3) is 2.26. The van der Waals surface area contributed by atoms with E-state index in [0.29, 0.717) is 16.9 Å². The molecule has 0 aliphatic heterocycles. The van der Waals surface area contributed by atoms with Gasteiger partial charge in [0.1, 0.15) is 10.8 Å². The number of nitrogens with one attached hydrogen (secondary N) is 2. The Morgan fingerprint density at radius 2 is 2.21 bits per heavy atom. The summed E-state index contributed by atoms with van der Waals surface area (Å²) < 4.78 is 1.87. The summed E-state index contributed by atoms with van der Waals surface area (Å²) in [6, 6.07) is 3.63. The second-order valence-electron chi connectivity index (χ2n) is 4.28. The Hall–Kier alpha value is -2.08. The van der Waals surface area contributed by atoms with Gasteiger partial charge in [-0.25, -0.2) is 9.97 Å². The molecule has 0 unspecified atom stereocenters. The summed E-state index contributed by atoms with van der Waals surface area (Å²) >= 11 is 6.02. The van der Waals surface area contributed by atoms with Gasteiger partial charge in [0.2, 0.25) is 5.95 Å². The highest BCUT2D eigenvalue weighted by Crippen LogP contribution is 2.19. The predicted molar refractivity (Wildman–Crippen MR) is 74.0 cm³/mol. The fourth-order valence-corrected chi connectivity index (χ4v) is 2.04. The number of nitrogens with zero attached hydrogens (tertiary/aromatic N) is 4. The zero-order valence-electron chi connectivity index (χ0n) is 10.6. The number of anilines is 2. The molecule has 2 N–H and O–H groups in total. The maximum absolute atomic E-state index is 6.02. The summed E-state index contributed by atoms with van der Waals surface area (Å²) in [5.74, 6) is 1.29. The zero-order valence-corrected chi connectivity index (χ0v) is 11.4. The van der Waals surface area contributed by atoms with Gasteiger partial charge in [-0.15, -0.1) is 0 Å². The molecule has 0 radical (unpaired) electrons. The second kappa shape index (κ2) is 4.55. The fraction of sp³-hybridized carbons (Fsp3) is 0.250. The van der Waals surface area contributed by atoms with E-state index in [1.807, 2.05) is 23.6 Å². The predicted octanol–water partition coefficient (Wildman–Crippen LogP) is 2.72. The first-order chi connectivity index (χ1) is 9.15. The monoisotopic (exact) mass is 276 g/mol. The van der Waals surface area contributed by atoms with Crippen molar-refractivity contribution in [2.45, 2.75) is 20.3 Å². The fourth-order valence-electron chi connectivity index (χ4n) is 1.87. The number of halogens is 1. The molecule has 0 spiro atoms. The minimum absolute atomic E-state index is 0.399. The molecule has 0 aliphatic rings. The minimum atomic E-state index is 0.399. The Morgan fingerprint density at radius 3 is 2.89 bits per heavy atom. The Labute approximate surface area is 114 Å². The van der Waals surface area contributed by atoms with Gasteiger partial charge in [-0.1, -0.05) is 18.5 Å². The second-order valence-corrected chi connectivity index (χ2v) is 4.66. The molecule has 3 heterocycles. The first-order valence-corrected chi connectivity index (χ1v) is 6.37. The normalized spacial score (nSPS) is 11.1. The van der Waals surface area contributed by atoms with E-state index in [1.165, 1.54) is 0 Å². The third-order valence-corrected chi connectivity index (χ3v) is 2.97. The average Bonchev–Trinajstić information content (AvgIpc) is 2.95. The molecule has 3 aromatic rings. The molecule has 0 bridgehead atoms. The number of hydrogen-bond donors (Lipinski definition) is 2. The molecule has 0 aliphatic carbocycles. The lowest BCUT2D eigenvalue weighted by atomic mass is 10.4. The van der Waals surface area contributed by atoms with Crippen molar-refractivity contribution in [2.75, 3.05) is 5.32 Å². The Balaban J connectivity index is 2.08. The number of fused-ring (bicyclic) bond motifs is 1. The maximum Gasteiger partial charge on any atom is 0.215 e. The van der Waals surface area contributed by atoms with Gasteiger partial charge < -0.3 is 5.32 Å². The van der Waals surface area contributed by atoms with Gasteiger partial charge in [0.15, 0.2) is 5.82 Å². The van der Waals surface area contributed by atoms with Crippen LogP contribution in [0.15, 0.2) is 18.3 Å². The van der Waals surface area contributed by atoms with E-state index in [2.05, 4.69) is 32.4 Å². The molecule has 6 nitrogen and oxygen atoms in total. The molecule has 0 aromatic carbocycles.